The molecule has 1 amide bonds. The lowest BCUT2D eigenvalue weighted by Gasteiger charge is -2.26. The molecule has 7 nitrogen and oxygen atoms in total. The minimum absolute atomic E-state index is 0.0789. The molecule has 0 spiro atoms. The number of nitriles is 2. The van der Waals surface area contributed by atoms with Crippen LogP contribution in [0.25, 0.3) is 11.4 Å². The Bertz CT molecular complexity index is 1020. The molecular formula is C26H34N6OS. The van der Waals surface area contributed by atoms with Crippen molar-refractivity contribution in [3.05, 3.63) is 29.8 Å². The zero-order chi connectivity index (χ0) is 24.6. The quantitative estimate of drug-likeness (QED) is 0.442. The number of hydrogen-bond acceptors (Lipinski definition) is 6. The van der Waals surface area contributed by atoms with Crippen LogP contribution in [-0.2, 0) is 10.2 Å². The van der Waals surface area contributed by atoms with Crippen LogP contribution in [-0.4, -0.2) is 44.4 Å². The molecule has 1 aliphatic rings. The first-order valence-corrected chi connectivity index (χ1v) is 13.0. The first-order valence-electron chi connectivity index (χ1n) is 12.1. The molecule has 1 heterocycles. The zero-order valence-electron chi connectivity index (χ0n) is 20.5. The standard InChI is InChI=1S/C26H34N6OS/c1-26(2,3)21-13-11-20(12-14-21)24-29-30-25(32(24)22-9-5-4-6-10-22)34-19-23(33)31(17-7-15-27)18-8-16-28/h11-14,22H,4-10,17-19H2,1-3H3. The van der Waals surface area contributed by atoms with Crippen LogP contribution >= 0.6 is 11.8 Å². The van der Waals surface area contributed by atoms with Crippen molar-refractivity contribution in [2.45, 2.75) is 82.3 Å². The maximum absolute atomic E-state index is 12.9. The molecule has 34 heavy (non-hydrogen) atoms. The summed E-state index contributed by atoms with van der Waals surface area (Å²) in [7, 11) is 0. The molecule has 0 atom stereocenters. The molecule has 2 aromatic rings. The van der Waals surface area contributed by atoms with Crippen molar-refractivity contribution in [2.24, 2.45) is 0 Å². The van der Waals surface area contributed by atoms with Crippen molar-refractivity contribution >= 4 is 17.7 Å². The topological polar surface area (TPSA) is 98.6 Å². The van der Waals surface area contributed by atoms with Crippen LogP contribution in [0.4, 0.5) is 0 Å². The van der Waals surface area contributed by atoms with E-state index in [4.69, 9.17) is 10.5 Å². The molecule has 0 aliphatic heterocycles. The molecule has 180 valence electrons. The predicted molar refractivity (Wildman–Crippen MR) is 134 cm³/mol. The van der Waals surface area contributed by atoms with E-state index in [1.165, 1.54) is 36.6 Å². The minimum atomic E-state index is -0.0789. The summed E-state index contributed by atoms with van der Waals surface area (Å²) < 4.78 is 2.23. The maximum Gasteiger partial charge on any atom is 0.233 e. The van der Waals surface area contributed by atoms with E-state index in [0.29, 0.717) is 19.1 Å². The van der Waals surface area contributed by atoms with Gasteiger partial charge < -0.3 is 4.90 Å². The van der Waals surface area contributed by atoms with Crippen molar-refractivity contribution in [3.8, 4) is 23.5 Å². The number of thioether (sulfide) groups is 1. The van der Waals surface area contributed by atoms with Crippen LogP contribution in [0.15, 0.2) is 29.4 Å². The lowest BCUT2D eigenvalue weighted by molar-refractivity contribution is -0.128. The Labute approximate surface area is 207 Å². The molecule has 0 radical (unpaired) electrons. The van der Waals surface area contributed by atoms with Crippen LogP contribution in [0.2, 0.25) is 0 Å². The summed E-state index contributed by atoms with van der Waals surface area (Å²) in [5.74, 6) is 0.989. The van der Waals surface area contributed by atoms with Gasteiger partial charge in [0.1, 0.15) is 0 Å². The van der Waals surface area contributed by atoms with Crippen LogP contribution < -0.4 is 0 Å². The highest BCUT2D eigenvalue weighted by Crippen LogP contribution is 2.36. The Balaban J connectivity index is 1.83. The number of nitrogens with zero attached hydrogens (tertiary/aromatic N) is 6. The third-order valence-corrected chi connectivity index (χ3v) is 7.21. The van der Waals surface area contributed by atoms with Gasteiger partial charge in [-0.25, -0.2) is 0 Å². The van der Waals surface area contributed by atoms with E-state index in [-0.39, 0.29) is 29.9 Å². The number of hydrogen-bond donors (Lipinski definition) is 0. The van der Waals surface area contributed by atoms with E-state index in [2.05, 4.69) is 71.9 Å². The molecule has 1 fully saturated rings. The normalized spacial score (nSPS) is 14.4. The Morgan fingerprint density at radius 1 is 1.06 bits per heavy atom. The molecule has 1 aromatic carbocycles. The largest absolute Gasteiger partial charge is 0.340 e. The molecular weight excluding hydrogens is 444 g/mol. The molecule has 1 saturated carbocycles. The molecule has 0 unspecified atom stereocenters. The average Bonchev–Trinajstić information content (AvgIpc) is 3.26. The number of benzene rings is 1. The summed E-state index contributed by atoms with van der Waals surface area (Å²) in [4.78, 5) is 14.5. The lowest BCUT2D eigenvalue weighted by atomic mass is 9.86. The summed E-state index contributed by atoms with van der Waals surface area (Å²) in [5.41, 5.74) is 2.39. The Hall–Kier alpha value is -2.84. The smallest absolute Gasteiger partial charge is 0.233 e. The van der Waals surface area contributed by atoms with Gasteiger partial charge in [0.05, 0.1) is 30.7 Å². The molecule has 0 bridgehead atoms. The third kappa shape index (κ3) is 6.61. The molecule has 8 heteroatoms. The van der Waals surface area contributed by atoms with Crippen molar-refractivity contribution in [1.82, 2.24) is 19.7 Å². The van der Waals surface area contributed by atoms with Crippen molar-refractivity contribution in [3.63, 3.8) is 0 Å². The zero-order valence-corrected chi connectivity index (χ0v) is 21.3. The van der Waals surface area contributed by atoms with Gasteiger partial charge in [0.2, 0.25) is 5.91 Å². The summed E-state index contributed by atoms with van der Waals surface area (Å²) in [6.07, 6.45) is 6.31. The SMILES string of the molecule is CC(C)(C)c1ccc(-c2nnc(SCC(=O)N(CCC#N)CCC#N)n2C2CCCCC2)cc1. The van der Waals surface area contributed by atoms with Gasteiger partial charge in [-0.3, -0.25) is 9.36 Å². The van der Waals surface area contributed by atoms with Gasteiger partial charge in [0, 0.05) is 24.7 Å². The van der Waals surface area contributed by atoms with Crippen LogP contribution in [0.3, 0.4) is 0 Å². The van der Waals surface area contributed by atoms with Crippen molar-refractivity contribution in [2.75, 3.05) is 18.8 Å². The number of amides is 1. The second-order valence-corrected chi connectivity index (χ2v) is 10.7. The molecule has 1 aromatic heterocycles. The number of rotatable bonds is 9. The van der Waals surface area contributed by atoms with Gasteiger partial charge in [-0.15, -0.1) is 10.2 Å². The van der Waals surface area contributed by atoms with Crippen molar-refractivity contribution < 1.29 is 4.79 Å². The van der Waals surface area contributed by atoms with E-state index in [1.54, 1.807) is 4.90 Å². The molecule has 0 saturated heterocycles. The average molecular weight is 479 g/mol. The highest BCUT2D eigenvalue weighted by molar-refractivity contribution is 7.99. The second kappa shape index (κ2) is 12.0. The summed E-state index contributed by atoms with van der Waals surface area (Å²) in [6, 6.07) is 13.0. The Morgan fingerprint density at radius 3 is 2.24 bits per heavy atom. The Kier molecular flexibility index (Phi) is 9.12. The van der Waals surface area contributed by atoms with Gasteiger partial charge in [-0.1, -0.05) is 76.1 Å². The van der Waals surface area contributed by atoms with E-state index in [0.717, 1.165) is 29.4 Å². The van der Waals surface area contributed by atoms with E-state index in [1.807, 2.05) is 0 Å². The predicted octanol–water partition coefficient (Wildman–Crippen LogP) is 5.50. The van der Waals surface area contributed by atoms with Crippen LogP contribution in [0.5, 0.6) is 0 Å². The van der Waals surface area contributed by atoms with E-state index < -0.39 is 0 Å². The van der Waals surface area contributed by atoms with E-state index >= 15 is 0 Å². The summed E-state index contributed by atoms with van der Waals surface area (Å²) in [5, 5.41) is 27.6. The van der Waals surface area contributed by atoms with Gasteiger partial charge in [-0.05, 0) is 23.8 Å². The molecule has 1 aliphatic carbocycles. The van der Waals surface area contributed by atoms with Gasteiger partial charge >= 0.3 is 0 Å². The number of carbonyl (C=O) groups excluding carboxylic acids is 1. The fourth-order valence-electron chi connectivity index (χ4n) is 4.31. The van der Waals surface area contributed by atoms with Gasteiger partial charge in [0.15, 0.2) is 11.0 Å². The van der Waals surface area contributed by atoms with Gasteiger partial charge in [-0.2, -0.15) is 10.5 Å². The van der Waals surface area contributed by atoms with Gasteiger partial charge in [0.25, 0.3) is 0 Å². The molecule has 3 rings (SSSR count). The van der Waals surface area contributed by atoms with Crippen LogP contribution in [0, 0.1) is 22.7 Å². The highest BCUT2D eigenvalue weighted by Gasteiger charge is 2.25. The first-order chi connectivity index (χ1) is 16.3. The first kappa shape index (κ1) is 25.8. The number of aromatic nitrogens is 3. The maximum atomic E-state index is 12.9. The third-order valence-electron chi connectivity index (χ3n) is 6.28. The summed E-state index contributed by atoms with van der Waals surface area (Å²) in [6.45, 7) is 7.30. The summed E-state index contributed by atoms with van der Waals surface area (Å²) >= 11 is 1.40. The highest BCUT2D eigenvalue weighted by atomic mass is 32.2. The van der Waals surface area contributed by atoms with E-state index in [9.17, 15) is 4.79 Å². The number of carbonyl (C=O) groups is 1. The monoisotopic (exact) mass is 478 g/mol. The Morgan fingerprint density at radius 2 is 1.68 bits per heavy atom. The molecule has 0 N–H and O–H groups in total. The lowest BCUT2D eigenvalue weighted by Crippen LogP contribution is -2.34. The van der Waals surface area contributed by atoms with Crippen molar-refractivity contribution in [1.29, 1.82) is 10.5 Å². The fraction of sp³-hybridized carbons (Fsp3) is 0.577. The second-order valence-electron chi connectivity index (χ2n) is 9.78. The fourth-order valence-corrected chi connectivity index (χ4v) is 5.22. The van der Waals surface area contributed by atoms with Crippen LogP contribution in [0.1, 0.15) is 77.3 Å². The minimum Gasteiger partial charge on any atom is -0.340 e.